The minimum Gasteiger partial charge on any atom is -0.307 e. The topological polar surface area (TPSA) is 62.5 Å². The predicted octanol–water partition coefficient (Wildman–Crippen LogP) is 2.70. The number of carbonyl (C=O) groups excluding carboxylic acids is 1. The van der Waals surface area contributed by atoms with Crippen LogP contribution in [0.4, 0.5) is 5.13 Å². The number of aromatic nitrogens is 3. The van der Waals surface area contributed by atoms with E-state index in [4.69, 9.17) is 4.98 Å². The van der Waals surface area contributed by atoms with E-state index in [2.05, 4.69) is 34.4 Å². The van der Waals surface area contributed by atoms with E-state index < -0.39 is 0 Å². The molecule has 3 aromatic rings. The molecule has 0 saturated carbocycles. The molecule has 1 fully saturated rings. The smallest absolute Gasteiger partial charge is 0.243 e. The summed E-state index contributed by atoms with van der Waals surface area (Å²) in [6, 6.07) is 3.97. The van der Waals surface area contributed by atoms with Gasteiger partial charge in [0.05, 0.1) is 11.7 Å². The molecule has 4 rings (SSSR count). The Balaban J connectivity index is 1.50. The van der Waals surface area contributed by atoms with Gasteiger partial charge in [-0.05, 0) is 37.9 Å². The standard InChI is InChI=1S/C17H19N5OS/c1-12-4-2-8-22-11-13(19-15(12)22)10-21-7-3-5-14(21)16(23)20-17-18-6-9-24-17/h2,4,6,8-9,11,14H,3,5,7,10H2,1H3,(H,18,20,23)/t14-/m0/s1. The molecule has 1 amide bonds. The molecule has 1 atom stereocenters. The Morgan fingerprint density at radius 2 is 2.42 bits per heavy atom. The Morgan fingerprint density at radius 3 is 3.21 bits per heavy atom. The van der Waals surface area contributed by atoms with Gasteiger partial charge in [0.2, 0.25) is 5.91 Å². The van der Waals surface area contributed by atoms with Crippen LogP contribution in [0.3, 0.4) is 0 Å². The second-order valence-corrected chi connectivity index (χ2v) is 7.00. The van der Waals surface area contributed by atoms with Crippen molar-refractivity contribution in [1.82, 2.24) is 19.3 Å². The maximum atomic E-state index is 12.5. The fraction of sp³-hybridized carbons (Fsp3) is 0.353. The zero-order chi connectivity index (χ0) is 16.5. The molecule has 1 N–H and O–H groups in total. The van der Waals surface area contributed by atoms with Crippen molar-refractivity contribution in [2.75, 3.05) is 11.9 Å². The molecular formula is C17H19N5OS. The molecule has 124 valence electrons. The van der Waals surface area contributed by atoms with Gasteiger partial charge in [0, 0.05) is 30.5 Å². The lowest BCUT2D eigenvalue weighted by Gasteiger charge is -2.22. The highest BCUT2D eigenvalue weighted by molar-refractivity contribution is 7.13. The monoisotopic (exact) mass is 341 g/mol. The van der Waals surface area contributed by atoms with Crippen LogP contribution in [0.15, 0.2) is 36.1 Å². The molecule has 0 aliphatic carbocycles. The SMILES string of the molecule is Cc1cccn2cc(CN3CCC[C@H]3C(=O)Nc3nccs3)nc12. The lowest BCUT2D eigenvalue weighted by molar-refractivity contribution is -0.120. The van der Waals surface area contributed by atoms with Crippen LogP contribution in [-0.4, -0.2) is 37.8 Å². The summed E-state index contributed by atoms with van der Waals surface area (Å²) in [7, 11) is 0. The van der Waals surface area contributed by atoms with Crippen LogP contribution in [0, 0.1) is 6.92 Å². The largest absolute Gasteiger partial charge is 0.307 e. The van der Waals surface area contributed by atoms with Crippen molar-refractivity contribution in [3.8, 4) is 0 Å². The minimum absolute atomic E-state index is 0.0300. The van der Waals surface area contributed by atoms with Crippen LogP contribution in [0.2, 0.25) is 0 Å². The van der Waals surface area contributed by atoms with Gasteiger partial charge in [0.25, 0.3) is 0 Å². The number of carbonyl (C=O) groups is 1. The van der Waals surface area contributed by atoms with Crippen LogP contribution in [0.5, 0.6) is 0 Å². The van der Waals surface area contributed by atoms with Crippen molar-refractivity contribution in [3.05, 3.63) is 47.4 Å². The van der Waals surface area contributed by atoms with Gasteiger partial charge < -0.3 is 9.72 Å². The number of fused-ring (bicyclic) bond motifs is 1. The van der Waals surface area contributed by atoms with E-state index in [9.17, 15) is 4.79 Å². The first-order valence-corrected chi connectivity index (χ1v) is 8.96. The minimum atomic E-state index is -0.111. The molecule has 1 aliphatic rings. The summed E-state index contributed by atoms with van der Waals surface area (Å²) in [4.78, 5) is 23.6. The molecule has 0 bridgehead atoms. The Labute approximate surface area is 144 Å². The average Bonchev–Trinajstić information content (AvgIpc) is 3.28. The third kappa shape index (κ3) is 2.92. The van der Waals surface area contributed by atoms with E-state index in [1.165, 1.54) is 11.3 Å². The van der Waals surface area contributed by atoms with Gasteiger partial charge in [-0.25, -0.2) is 9.97 Å². The zero-order valence-corrected chi connectivity index (χ0v) is 14.3. The molecule has 0 unspecified atom stereocenters. The third-order valence-electron chi connectivity index (χ3n) is 4.42. The van der Waals surface area contributed by atoms with Gasteiger partial charge in [-0.2, -0.15) is 0 Å². The van der Waals surface area contributed by atoms with Crippen molar-refractivity contribution >= 4 is 28.0 Å². The second-order valence-electron chi connectivity index (χ2n) is 6.11. The first-order valence-electron chi connectivity index (χ1n) is 8.08. The molecule has 7 heteroatoms. The van der Waals surface area contributed by atoms with Crippen LogP contribution in [0.1, 0.15) is 24.1 Å². The number of aryl methyl sites for hydroxylation is 1. The normalized spacial score (nSPS) is 18.3. The zero-order valence-electron chi connectivity index (χ0n) is 13.5. The number of nitrogens with zero attached hydrogens (tertiary/aromatic N) is 4. The van der Waals surface area contributed by atoms with Crippen LogP contribution >= 0.6 is 11.3 Å². The number of hydrogen-bond acceptors (Lipinski definition) is 5. The second kappa shape index (κ2) is 6.33. The van der Waals surface area contributed by atoms with E-state index in [-0.39, 0.29) is 11.9 Å². The van der Waals surface area contributed by atoms with Gasteiger partial charge in [0.1, 0.15) is 5.65 Å². The van der Waals surface area contributed by atoms with Gasteiger partial charge in [-0.1, -0.05) is 6.07 Å². The number of pyridine rings is 1. The number of likely N-dealkylation sites (tertiary alicyclic amines) is 1. The Hall–Kier alpha value is -2.25. The van der Waals surface area contributed by atoms with Crippen LogP contribution in [0.25, 0.3) is 5.65 Å². The number of anilines is 1. The van der Waals surface area contributed by atoms with E-state index in [1.54, 1.807) is 6.20 Å². The maximum Gasteiger partial charge on any atom is 0.243 e. The Morgan fingerprint density at radius 1 is 1.50 bits per heavy atom. The highest BCUT2D eigenvalue weighted by Gasteiger charge is 2.31. The van der Waals surface area contributed by atoms with Gasteiger partial charge in [0.15, 0.2) is 5.13 Å². The highest BCUT2D eigenvalue weighted by atomic mass is 32.1. The van der Waals surface area contributed by atoms with Gasteiger partial charge in [-0.3, -0.25) is 9.69 Å². The molecular weight excluding hydrogens is 322 g/mol. The molecule has 3 aromatic heterocycles. The van der Waals surface area contributed by atoms with E-state index >= 15 is 0 Å². The summed E-state index contributed by atoms with van der Waals surface area (Å²) in [5.41, 5.74) is 3.14. The third-order valence-corrected chi connectivity index (χ3v) is 5.11. The van der Waals surface area contributed by atoms with Crippen molar-refractivity contribution in [2.24, 2.45) is 0 Å². The number of imidazole rings is 1. The van der Waals surface area contributed by atoms with Gasteiger partial charge >= 0.3 is 0 Å². The molecule has 1 saturated heterocycles. The van der Waals surface area contributed by atoms with E-state index in [0.29, 0.717) is 11.7 Å². The number of rotatable bonds is 4. The summed E-state index contributed by atoms with van der Waals surface area (Å²) in [5.74, 6) is 0.0300. The van der Waals surface area contributed by atoms with Crippen LogP contribution < -0.4 is 5.32 Å². The molecule has 0 spiro atoms. The fourth-order valence-electron chi connectivity index (χ4n) is 3.27. The first-order chi connectivity index (χ1) is 11.7. The average molecular weight is 341 g/mol. The Kier molecular flexibility index (Phi) is 4.03. The molecule has 1 aliphatic heterocycles. The summed E-state index contributed by atoms with van der Waals surface area (Å²) >= 11 is 1.44. The van der Waals surface area contributed by atoms with Crippen molar-refractivity contribution in [1.29, 1.82) is 0 Å². The summed E-state index contributed by atoms with van der Waals surface area (Å²) in [6.07, 6.45) is 7.67. The molecule has 0 aromatic carbocycles. The van der Waals surface area contributed by atoms with Crippen LogP contribution in [-0.2, 0) is 11.3 Å². The summed E-state index contributed by atoms with van der Waals surface area (Å²) in [5, 5.41) is 5.44. The fourth-order valence-corrected chi connectivity index (χ4v) is 3.81. The Bertz CT molecular complexity index is 857. The lowest BCUT2D eigenvalue weighted by Crippen LogP contribution is -2.39. The molecule has 24 heavy (non-hydrogen) atoms. The summed E-state index contributed by atoms with van der Waals surface area (Å²) < 4.78 is 2.05. The number of hydrogen-bond donors (Lipinski definition) is 1. The maximum absolute atomic E-state index is 12.5. The van der Waals surface area contributed by atoms with Crippen molar-refractivity contribution < 1.29 is 4.79 Å². The van der Waals surface area contributed by atoms with Crippen molar-refractivity contribution in [2.45, 2.75) is 32.4 Å². The summed E-state index contributed by atoms with van der Waals surface area (Å²) in [6.45, 7) is 3.67. The lowest BCUT2D eigenvalue weighted by atomic mass is 10.2. The number of amides is 1. The molecule has 4 heterocycles. The number of nitrogens with one attached hydrogen (secondary N) is 1. The van der Waals surface area contributed by atoms with E-state index in [1.807, 2.05) is 22.0 Å². The predicted molar refractivity (Wildman–Crippen MR) is 94.1 cm³/mol. The quantitative estimate of drug-likeness (QED) is 0.792. The van der Waals surface area contributed by atoms with Crippen molar-refractivity contribution in [3.63, 3.8) is 0 Å². The molecule has 0 radical (unpaired) electrons. The van der Waals surface area contributed by atoms with E-state index in [0.717, 1.165) is 36.3 Å². The van der Waals surface area contributed by atoms with Gasteiger partial charge in [-0.15, -0.1) is 11.3 Å². The number of thiazole rings is 1. The highest BCUT2D eigenvalue weighted by Crippen LogP contribution is 2.22. The molecule has 6 nitrogen and oxygen atoms in total. The first kappa shape index (κ1) is 15.3.